The zero-order chi connectivity index (χ0) is 19.8. The number of carbonyl (C=O) groups is 1. The number of likely N-dealkylation sites (tertiary alicyclic amines) is 1. The molecule has 6 nitrogen and oxygen atoms in total. The van der Waals surface area contributed by atoms with Crippen molar-refractivity contribution in [2.45, 2.75) is 43.2 Å². The third-order valence-electron chi connectivity index (χ3n) is 8.13. The number of benzene rings is 1. The molecular formula is C22H27N3O3S. The first-order valence-electron chi connectivity index (χ1n) is 10.8. The Balaban J connectivity index is 1.12. The Labute approximate surface area is 171 Å². The number of nitrogens with one attached hydrogen (secondary N) is 2. The second-order valence-electron chi connectivity index (χ2n) is 9.49. The number of carbonyl (C=O) groups excluding carboxylic acids is 1. The van der Waals surface area contributed by atoms with Crippen molar-refractivity contribution in [2.75, 3.05) is 18.4 Å². The van der Waals surface area contributed by atoms with Gasteiger partial charge in [0.2, 0.25) is 15.9 Å². The van der Waals surface area contributed by atoms with E-state index < -0.39 is 10.0 Å². The second-order valence-corrected chi connectivity index (χ2v) is 11.2. The zero-order valence-electron chi connectivity index (χ0n) is 16.4. The first-order chi connectivity index (χ1) is 14.0. The Hall–Kier alpha value is -1.86. The fourth-order valence-electron chi connectivity index (χ4n) is 6.41. The van der Waals surface area contributed by atoms with Gasteiger partial charge in [-0.1, -0.05) is 24.3 Å². The molecule has 1 saturated heterocycles. The van der Waals surface area contributed by atoms with Crippen LogP contribution in [0.25, 0.3) is 0 Å². The van der Waals surface area contributed by atoms with Gasteiger partial charge in [0.1, 0.15) is 4.90 Å². The minimum atomic E-state index is -3.50. The van der Waals surface area contributed by atoms with Gasteiger partial charge in [-0.05, 0) is 67.4 Å². The van der Waals surface area contributed by atoms with E-state index in [0.29, 0.717) is 33.7 Å². The van der Waals surface area contributed by atoms with Crippen LogP contribution in [0.15, 0.2) is 41.3 Å². The number of rotatable bonds is 2. The number of nitrogens with zero attached hydrogens (tertiary/aromatic N) is 1. The third-order valence-corrected chi connectivity index (χ3v) is 9.63. The number of allylic oxidation sites excluding steroid dienone is 2. The molecule has 2 heterocycles. The van der Waals surface area contributed by atoms with Crippen LogP contribution in [0.1, 0.15) is 32.1 Å². The molecule has 0 aromatic heterocycles. The molecule has 3 aliphatic carbocycles. The minimum Gasteiger partial charge on any atom is -0.368 e. The molecule has 6 rings (SSSR count). The Bertz CT molecular complexity index is 992. The highest BCUT2D eigenvalue weighted by Gasteiger charge is 2.64. The Morgan fingerprint density at radius 1 is 1.10 bits per heavy atom. The van der Waals surface area contributed by atoms with Crippen molar-refractivity contribution in [3.63, 3.8) is 0 Å². The first kappa shape index (κ1) is 18.0. The van der Waals surface area contributed by atoms with E-state index >= 15 is 0 Å². The lowest BCUT2D eigenvalue weighted by molar-refractivity contribution is -0.138. The van der Waals surface area contributed by atoms with Crippen molar-refractivity contribution in [1.82, 2.24) is 9.62 Å². The molecule has 1 spiro atoms. The van der Waals surface area contributed by atoms with Gasteiger partial charge >= 0.3 is 0 Å². The molecule has 1 aromatic carbocycles. The number of sulfonamides is 1. The summed E-state index contributed by atoms with van der Waals surface area (Å²) in [4.78, 5) is 15.6. The molecule has 2 N–H and O–H groups in total. The summed E-state index contributed by atoms with van der Waals surface area (Å²) >= 11 is 0. The van der Waals surface area contributed by atoms with Crippen LogP contribution in [-0.4, -0.2) is 38.5 Å². The average molecular weight is 414 g/mol. The normalized spacial score (nSPS) is 36.1. The fraction of sp³-hybridized carbons (Fsp3) is 0.591. The molecule has 2 bridgehead atoms. The van der Waals surface area contributed by atoms with Crippen LogP contribution in [0.5, 0.6) is 0 Å². The minimum absolute atomic E-state index is 0.169. The Morgan fingerprint density at radius 2 is 1.86 bits per heavy atom. The van der Waals surface area contributed by atoms with Gasteiger partial charge in [-0.15, -0.1) is 0 Å². The number of amides is 1. The van der Waals surface area contributed by atoms with Crippen LogP contribution < -0.4 is 10.0 Å². The first-order valence-corrected chi connectivity index (χ1v) is 12.3. The summed E-state index contributed by atoms with van der Waals surface area (Å²) < 4.78 is 28.0. The van der Waals surface area contributed by atoms with E-state index in [1.54, 1.807) is 12.1 Å². The van der Waals surface area contributed by atoms with Crippen molar-refractivity contribution >= 4 is 21.6 Å². The summed E-state index contributed by atoms with van der Waals surface area (Å²) in [5.74, 6) is 1.76. The van der Waals surface area contributed by atoms with Crippen molar-refractivity contribution in [2.24, 2.45) is 29.1 Å². The summed E-state index contributed by atoms with van der Waals surface area (Å²) in [6.07, 6.45) is 9.59. The van der Waals surface area contributed by atoms with Gasteiger partial charge in [-0.25, -0.2) is 8.42 Å². The van der Waals surface area contributed by atoms with E-state index in [0.717, 1.165) is 32.4 Å². The maximum absolute atomic E-state index is 13.2. The summed E-state index contributed by atoms with van der Waals surface area (Å²) in [5, 5.41) is 3.36. The molecule has 29 heavy (non-hydrogen) atoms. The van der Waals surface area contributed by atoms with Crippen molar-refractivity contribution in [3.8, 4) is 0 Å². The maximum atomic E-state index is 13.2. The maximum Gasteiger partial charge on any atom is 0.244 e. The van der Waals surface area contributed by atoms with Gasteiger partial charge in [0.05, 0.1) is 11.9 Å². The quantitative estimate of drug-likeness (QED) is 0.731. The van der Waals surface area contributed by atoms with Crippen LogP contribution in [0.2, 0.25) is 0 Å². The van der Waals surface area contributed by atoms with E-state index in [2.05, 4.69) is 22.2 Å². The highest BCUT2D eigenvalue weighted by Crippen LogP contribution is 2.70. The molecule has 1 aromatic rings. The molecule has 2 saturated carbocycles. The Kier molecular flexibility index (Phi) is 3.76. The summed E-state index contributed by atoms with van der Waals surface area (Å²) in [5.41, 5.74) is 1.11. The van der Waals surface area contributed by atoms with Crippen LogP contribution in [0.3, 0.4) is 0 Å². The number of hydrogen-bond donors (Lipinski definition) is 2. The van der Waals surface area contributed by atoms with Crippen molar-refractivity contribution in [1.29, 1.82) is 0 Å². The summed E-state index contributed by atoms with van der Waals surface area (Å²) in [6, 6.07) is 7.02. The van der Waals surface area contributed by atoms with E-state index in [1.807, 2.05) is 17.0 Å². The molecule has 2 aliphatic heterocycles. The number of para-hydroxylation sites is 1. The van der Waals surface area contributed by atoms with Gasteiger partial charge in [-0.2, -0.15) is 4.72 Å². The highest BCUT2D eigenvalue weighted by molar-refractivity contribution is 7.89. The van der Waals surface area contributed by atoms with E-state index in [9.17, 15) is 13.2 Å². The lowest BCUT2D eigenvalue weighted by atomic mass is 9.87. The average Bonchev–Trinajstić information content (AvgIpc) is 3.40. The zero-order valence-corrected chi connectivity index (χ0v) is 17.2. The van der Waals surface area contributed by atoms with Gasteiger partial charge in [-0.3, -0.25) is 4.79 Å². The van der Waals surface area contributed by atoms with Gasteiger partial charge in [0, 0.05) is 19.0 Å². The van der Waals surface area contributed by atoms with Crippen LogP contribution >= 0.6 is 0 Å². The standard InChI is InChI=1S/C22H27N3O3S/c26-21(16-13-15-5-6-17(16)22(15)9-10-22)25-11-7-14(8-12-25)20-23-18-3-1-2-4-19(18)29(27,28)24-20/h1-6,14-17,20,23-24H,7-13H2. The molecule has 5 aliphatic rings. The molecule has 4 atom stereocenters. The van der Waals surface area contributed by atoms with E-state index in [-0.39, 0.29) is 18.0 Å². The topological polar surface area (TPSA) is 78.5 Å². The van der Waals surface area contributed by atoms with Gasteiger partial charge < -0.3 is 10.2 Å². The van der Waals surface area contributed by atoms with Crippen molar-refractivity contribution < 1.29 is 13.2 Å². The number of anilines is 1. The molecule has 7 heteroatoms. The fourth-order valence-corrected chi connectivity index (χ4v) is 7.79. The van der Waals surface area contributed by atoms with Gasteiger partial charge in [0.25, 0.3) is 0 Å². The van der Waals surface area contributed by atoms with Gasteiger partial charge in [0.15, 0.2) is 0 Å². The predicted octanol–water partition coefficient (Wildman–Crippen LogP) is 2.56. The van der Waals surface area contributed by atoms with Crippen LogP contribution in [-0.2, 0) is 14.8 Å². The predicted molar refractivity (Wildman–Crippen MR) is 109 cm³/mol. The van der Waals surface area contributed by atoms with E-state index in [1.165, 1.54) is 12.8 Å². The molecule has 0 radical (unpaired) electrons. The lowest BCUT2D eigenvalue weighted by Gasteiger charge is -2.40. The number of fused-ring (bicyclic) bond motifs is 1. The molecule has 154 valence electrons. The summed E-state index contributed by atoms with van der Waals surface area (Å²) in [6.45, 7) is 1.44. The van der Waals surface area contributed by atoms with E-state index in [4.69, 9.17) is 0 Å². The van der Waals surface area contributed by atoms with Crippen molar-refractivity contribution in [3.05, 3.63) is 36.4 Å². The largest absolute Gasteiger partial charge is 0.368 e. The second kappa shape index (κ2) is 6.08. The third kappa shape index (κ3) is 2.63. The Morgan fingerprint density at radius 3 is 2.59 bits per heavy atom. The molecule has 1 amide bonds. The monoisotopic (exact) mass is 413 g/mol. The highest BCUT2D eigenvalue weighted by atomic mass is 32.2. The number of hydrogen-bond acceptors (Lipinski definition) is 4. The van der Waals surface area contributed by atoms with Crippen LogP contribution in [0, 0.1) is 29.1 Å². The smallest absolute Gasteiger partial charge is 0.244 e. The SMILES string of the molecule is O=C(C1CC2C=CC1C21CC1)N1CCC(C2Nc3ccccc3S(=O)(=O)N2)CC1. The summed E-state index contributed by atoms with van der Waals surface area (Å²) in [7, 11) is -3.50. The molecule has 3 fully saturated rings. The van der Waals surface area contributed by atoms with Crippen LogP contribution in [0.4, 0.5) is 5.69 Å². The molecular weight excluding hydrogens is 386 g/mol. The lowest BCUT2D eigenvalue weighted by Crippen LogP contribution is -2.53. The molecule has 4 unspecified atom stereocenters. The number of piperidine rings is 1.